The molecule has 2 heterocycles. The molecule has 2 aromatic rings. The predicted octanol–water partition coefficient (Wildman–Crippen LogP) is 3.69. The molecule has 0 aromatic carbocycles. The summed E-state index contributed by atoms with van der Waals surface area (Å²) in [7, 11) is -3.62. The number of nitrogens with zero attached hydrogens (tertiary/aromatic N) is 2. The molecule has 0 spiro atoms. The van der Waals surface area contributed by atoms with Gasteiger partial charge in [0.15, 0.2) is 15.1 Å². The van der Waals surface area contributed by atoms with Gasteiger partial charge >= 0.3 is 0 Å². The maximum atomic E-state index is 12.3. The van der Waals surface area contributed by atoms with E-state index in [-0.39, 0.29) is 10.2 Å². The Bertz CT molecular complexity index is 679. The topological polar surface area (TPSA) is 63.5 Å². The van der Waals surface area contributed by atoms with E-state index < -0.39 is 10.0 Å². The summed E-state index contributed by atoms with van der Waals surface area (Å²) in [4.78, 5) is 4.63. The third kappa shape index (κ3) is 4.18. The van der Waals surface area contributed by atoms with Crippen LogP contribution in [0.4, 0.5) is 0 Å². The van der Waals surface area contributed by atoms with E-state index in [1.165, 1.54) is 35.0 Å². The van der Waals surface area contributed by atoms with Crippen molar-refractivity contribution in [3.05, 3.63) is 16.7 Å². The molecule has 0 atom stereocenters. The van der Waals surface area contributed by atoms with Gasteiger partial charge in [0.2, 0.25) is 0 Å². The van der Waals surface area contributed by atoms with Gasteiger partial charge in [0.05, 0.1) is 0 Å². The summed E-state index contributed by atoms with van der Waals surface area (Å²) in [5.41, 5.74) is 0. The van der Waals surface area contributed by atoms with Crippen LogP contribution in [0.3, 0.4) is 0 Å². The van der Waals surface area contributed by atoms with E-state index in [0.717, 1.165) is 19.3 Å². The van der Waals surface area contributed by atoms with Crippen LogP contribution in [0.25, 0.3) is 4.96 Å². The number of thiazole rings is 1. The molecule has 0 radical (unpaired) electrons. The molecule has 8 heteroatoms. The smallest absolute Gasteiger partial charge is 0.259 e. The largest absolute Gasteiger partial charge is 0.279 e. The molecule has 0 aliphatic heterocycles. The van der Waals surface area contributed by atoms with E-state index in [2.05, 4.69) is 16.6 Å². The second-order valence-corrected chi connectivity index (χ2v) is 7.84. The van der Waals surface area contributed by atoms with E-state index in [1.54, 1.807) is 11.6 Å². The van der Waals surface area contributed by atoms with Crippen molar-refractivity contribution < 1.29 is 8.42 Å². The molecule has 0 fully saturated rings. The average Bonchev–Trinajstić information content (AvgIpc) is 2.96. The summed E-state index contributed by atoms with van der Waals surface area (Å²) in [5.74, 6) is 0. The monoisotopic (exact) mass is 349 g/mol. The van der Waals surface area contributed by atoms with Gasteiger partial charge < -0.3 is 0 Å². The minimum atomic E-state index is -3.62. The van der Waals surface area contributed by atoms with E-state index in [1.807, 2.05) is 0 Å². The number of imidazole rings is 1. The molecule has 5 nitrogen and oxygen atoms in total. The van der Waals surface area contributed by atoms with Crippen molar-refractivity contribution in [1.29, 1.82) is 0 Å². The molecule has 0 aliphatic rings. The Morgan fingerprint density at radius 3 is 2.76 bits per heavy atom. The van der Waals surface area contributed by atoms with Crippen LogP contribution < -0.4 is 4.72 Å². The number of hydrogen-bond acceptors (Lipinski definition) is 4. The van der Waals surface area contributed by atoms with E-state index in [9.17, 15) is 8.42 Å². The van der Waals surface area contributed by atoms with Crippen LogP contribution in [-0.4, -0.2) is 24.3 Å². The van der Waals surface area contributed by atoms with Crippen molar-refractivity contribution in [2.75, 3.05) is 6.54 Å². The van der Waals surface area contributed by atoms with Gasteiger partial charge in [-0.15, -0.1) is 11.3 Å². The number of sulfonamides is 1. The van der Waals surface area contributed by atoms with Crippen LogP contribution in [0, 0.1) is 0 Å². The molecule has 0 saturated heterocycles. The first kappa shape index (κ1) is 16.7. The minimum absolute atomic E-state index is 0.0253. The van der Waals surface area contributed by atoms with Crippen LogP contribution in [0.15, 0.2) is 16.6 Å². The summed E-state index contributed by atoms with van der Waals surface area (Å²) >= 11 is 7.30. The Morgan fingerprint density at radius 2 is 2.00 bits per heavy atom. The summed E-state index contributed by atoms with van der Waals surface area (Å²) in [6.07, 6.45) is 8.36. The highest BCUT2D eigenvalue weighted by molar-refractivity contribution is 7.89. The highest BCUT2D eigenvalue weighted by Crippen LogP contribution is 2.25. The fourth-order valence-electron chi connectivity index (χ4n) is 2.16. The van der Waals surface area contributed by atoms with Gasteiger partial charge in [-0.25, -0.2) is 18.1 Å². The average molecular weight is 350 g/mol. The number of halogens is 1. The maximum Gasteiger partial charge on any atom is 0.259 e. The summed E-state index contributed by atoms with van der Waals surface area (Å²) < 4.78 is 28.7. The predicted molar refractivity (Wildman–Crippen MR) is 86.6 cm³/mol. The molecule has 0 saturated carbocycles. The molecular weight excluding hydrogens is 330 g/mol. The van der Waals surface area contributed by atoms with Gasteiger partial charge in [-0.1, -0.05) is 50.6 Å². The first-order valence-electron chi connectivity index (χ1n) is 7.17. The van der Waals surface area contributed by atoms with Crippen molar-refractivity contribution in [3.63, 3.8) is 0 Å². The number of hydrogen-bond donors (Lipinski definition) is 1. The molecule has 118 valence electrons. The van der Waals surface area contributed by atoms with E-state index in [0.29, 0.717) is 11.5 Å². The van der Waals surface area contributed by atoms with Crippen molar-refractivity contribution >= 4 is 37.9 Å². The summed E-state index contributed by atoms with van der Waals surface area (Å²) in [6, 6.07) is 0. The molecule has 1 N–H and O–H groups in total. The zero-order chi connectivity index (χ0) is 15.3. The van der Waals surface area contributed by atoms with Crippen molar-refractivity contribution in [1.82, 2.24) is 14.1 Å². The molecule has 2 aromatic heterocycles. The van der Waals surface area contributed by atoms with Gasteiger partial charge in [0.25, 0.3) is 10.0 Å². The number of unbranched alkanes of at least 4 members (excludes halogenated alkanes) is 5. The van der Waals surface area contributed by atoms with Gasteiger partial charge in [0, 0.05) is 18.1 Å². The maximum absolute atomic E-state index is 12.3. The third-order valence-corrected chi connectivity index (χ3v) is 5.87. The van der Waals surface area contributed by atoms with Crippen LogP contribution in [0.1, 0.15) is 45.4 Å². The molecule has 2 rings (SSSR count). The molecule has 21 heavy (non-hydrogen) atoms. The van der Waals surface area contributed by atoms with Crippen molar-refractivity contribution in [2.24, 2.45) is 0 Å². The fourth-order valence-corrected chi connectivity index (χ4v) is 4.68. The van der Waals surface area contributed by atoms with Crippen molar-refractivity contribution in [3.8, 4) is 0 Å². The van der Waals surface area contributed by atoms with Crippen LogP contribution in [0.2, 0.25) is 5.15 Å². The molecular formula is C13H20ClN3O2S2. The first-order chi connectivity index (χ1) is 10.1. The fraction of sp³-hybridized carbons (Fsp3) is 0.615. The molecule has 0 aliphatic carbocycles. The lowest BCUT2D eigenvalue weighted by Gasteiger charge is -2.06. The quantitative estimate of drug-likeness (QED) is 0.702. The SMILES string of the molecule is CCCCCCCCNS(=O)(=O)c1c(Cl)nc2sccn12. The Kier molecular flexibility index (Phi) is 6.04. The molecule has 0 bridgehead atoms. The first-order valence-corrected chi connectivity index (χ1v) is 9.91. The Labute approximate surface area is 134 Å². The van der Waals surface area contributed by atoms with Crippen LogP contribution in [-0.2, 0) is 10.0 Å². The number of fused-ring (bicyclic) bond motifs is 1. The third-order valence-electron chi connectivity index (χ3n) is 3.26. The lowest BCUT2D eigenvalue weighted by molar-refractivity contribution is 0.564. The zero-order valence-corrected chi connectivity index (χ0v) is 14.4. The highest BCUT2D eigenvalue weighted by atomic mass is 35.5. The summed E-state index contributed by atoms with van der Waals surface area (Å²) in [6.45, 7) is 2.61. The second kappa shape index (κ2) is 7.58. The molecule has 0 unspecified atom stereocenters. The van der Waals surface area contributed by atoms with Gasteiger partial charge in [0.1, 0.15) is 0 Å². The Hall–Kier alpha value is -0.630. The number of nitrogens with one attached hydrogen (secondary N) is 1. The van der Waals surface area contributed by atoms with Crippen molar-refractivity contribution in [2.45, 2.75) is 50.5 Å². The lowest BCUT2D eigenvalue weighted by atomic mass is 10.1. The highest BCUT2D eigenvalue weighted by Gasteiger charge is 2.24. The normalized spacial score (nSPS) is 12.3. The van der Waals surface area contributed by atoms with Gasteiger partial charge in [-0.3, -0.25) is 4.40 Å². The number of aromatic nitrogens is 2. The van der Waals surface area contributed by atoms with Gasteiger partial charge in [-0.2, -0.15) is 0 Å². The standard InChI is InChI=1S/C13H20ClN3O2S2/c1-2-3-4-5-6-7-8-15-21(18,19)12-11(14)16-13-17(12)9-10-20-13/h9-10,15H,2-8H2,1H3. The second-order valence-electron chi connectivity index (χ2n) is 4.93. The summed E-state index contributed by atoms with van der Waals surface area (Å²) in [5, 5.41) is 1.84. The van der Waals surface area contributed by atoms with Crippen LogP contribution >= 0.6 is 22.9 Å². The Morgan fingerprint density at radius 1 is 1.29 bits per heavy atom. The minimum Gasteiger partial charge on any atom is -0.279 e. The zero-order valence-electron chi connectivity index (χ0n) is 12.0. The molecule has 0 amide bonds. The lowest BCUT2D eigenvalue weighted by Crippen LogP contribution is -2.26. The Balaban J connectivity index is 1.90. The van der Waals surface area contributed by atoms with E-state index in [4.69, 9.17) is 11.6 Å². The van der Waals surface area contributed by atoms with Crippen LogP contribution in [0.5, 0.6) is 0 Å². The van der Waals surface area contributed by atoms with Gasteiger partial charge in [-0.05, 0) is 6.42 Å². The van der Waals surface area contributed by atoms with E-state index >= 15 is 0 Å². The number of rotatable bonds is 9.